The van der Waals surface area contributed by atoms with Crippen molar-refractivity contribution >= 4 is 12.0 Å². The number of ether oxygens (including phenoxy) is 1. The number of carbonyl (C=O) groups is 2. The molecular weight excluding hydrogens is 354 g/mol. The van der Waals surface area contributed by atoms with Crippen LogP contribution in [0.5, 0.6) is 0 Å². The Kier molecular flexibility index (Phi) is 5.64. The van der Waals surface area contributed by atoms with E-state index in [-0.39, 0.29) is 23.5 Å². The summed E-state index contributed by atoms with van der Waals surface area (Å²) in [5.74, 6) is -0.0937. The van der Waals surface area contributed by atoms with E-state index in [4.69, 9.17) is 10.00 Å². The molecule has 0 bridgehead atoms. The zero-order chi connectivity index (χ0) is 20.4. The smallest absolute Gasteiger partial charge is 0.410 e. The molecule has 2 unspecified atom stereocenters. The Balaban J connectivity index is 1.56. The molecule has 2 amide bonds. The van der Waals surface area contributed by atoms with E-state index in [2.05, 4.69) is 11.4 Å². The number of likely N-dealkylation sites (tertiary alicyclic amines) is 1. The van der Waals surface area contributed by atoms with Crippen LogP contribution in [0, 0.1) is 16.7 Å². The first-order valence-corrected chi connectivity index (χ1v) is 9.94. The molecule has 1 spiro atoms. The second kappa shape index (κ2) is 7.83. The van der Waals surface area contributed by atoms with Crippen LogP contribution in [0.4, 0.5) is 4.79 Å². The van der Waals surface area contributed by atoms with Crippen LogP contribution in [0.3, 0.4) is 0 Å². The molecular formula is C22H29N3O3. The van der Waals surface area contributed by atoms with Gasteiger partial charge in [0.2, 0.25) is 0 Å². The van der Waals surface area contributed by atoms with Gasteiger partial charge in [-0.15, -0.1) is 0 Å². The zero-order valence-electron chi connectivity index (χ0n) is 17.0. The highest BCUT2D eigenvalue weighted by Crippen LogP contribution is 2.45. The molecule has 3 rings (SSSR count). The number of carbonyl (C=O) groups excluding carboxylic acids is 2. The summed E-state index contributed by atoms with van der Waals surface area (Å²) < 4.78 is 5.50. The van der Waals surface area contributed by atoms with Gasteiger partial charge in [0.25, 0.3) is 5.91 Å². The lowest BCUT2D eigenvalue weighted by molar-refractivity contribution is 0.0272. The van der Waals surface area contributed by atoms with Crippen molar-refractivity contribution in [2.24, 2.45) is 5.41 Å². The number of hydrogen-bond acceptors (Lipinski definition) is 4. The monoisotopic (exact) mass is 383 g/mol. The number of nitriles is 1. The molecule has 1 N–H and O–H groups in total. The van der Waals surface area contributed by atoms with Crippen LogP contribution in [0.2, 0.25) is 0 Å². The van der Waals surface area contributed by atoms with Crippen molar-refractivity contribution in [3.63, 3.8) is 0 Å². The normalized spacial score (nSPS) is 24.2. The Bertz CT molecular complexity index is 793. The van der Waals surface area contributed by atoms with Gasteiger partial charge >= 0.3 is 6.09 Å². The zero-order valence-corrected chi connectivity index (χ0v) is 17.0. The summed E-state index contributed by atoms with van der Waals surface area (Å²) in [7, 11) is 0. The van der Waals surface area contributed by atoms with Gasteiger partial charge in [-0.1, -0.05) is 12.1 Å². The molecule has 1 saturated carbocycles. The summed E-state index contributed by atoms with van der Waals surface area (Å²) >= 11 is 0. The largest absolute Gasteiger partial charge is 0.444 e. The number of nitrogens with one attached hydrogen (secondary N) is 1. The third kappa shape index (κ3) is 4.83. The highest BCUT2D eigenvalue weighted by Gasteiger charge is 2.46. The quantitative estimate of drug-likeness (QED) is 0.863. The van der Waals surface area contributed by atoms with Crippen molar-refractivity contribution in [2.45, 2.75) is 64.5 Å². The first-order chi connectivity index (χ1) is 13.2. The average Bonchev–Trinajstić information content (AvgIpc) is 3.21. The highest BCUT2D eigenvalue weighted by molar-refractivity contribution is 5.94. The van der Waals surface area contributed by atoms with Gasteiger partial charge in [-0.05, 0) is 69.6 Å². The summed E-state index contributed by atoms with van der Waals surface area (Å²) in [6.45, 7) is 7.05. The average molecular weight is 383 g/mol. The standard InChI is InChI=1S/C22H29N3O3/c1-21(2,3)28-20(27)25-12-10-22(15-25)9-7-18(14-22)24-19(26)17-6-4-5-16(13-17)8-11-23/h4-6,13,18H,7-10,12,14-15H2,1-3H3,(H,24,26). The van der Waals surface area contributed by atoms with Crippen molar-refractivity contribution in [3.05, 3.63) is 35.4 Å². The third-order valence-corrected chi connectivity index (χ3v) is 5.60. The van der Waals surface area contributed by atoms with E-state index >= 15 is 0 Å². The molecule has 1 saturated heterocycles. The van der Waals surface area contributed by atoms with Gasteiger partial charge in [-0.2, -0.15) is 5.26 Å². The maximum Gasteiger partial charge on any atom is 0.410 e. The fourth-order valence-corrected chi connectivity index (χ4v) is 4.30. The molecule has 6 nitrogen and oxygen atoms in total. The van der Waals surface area contributed by atoms with Gasteiger partial charge in [0.1, 0.15) is 5.60 Å². The summed E-state index contributed by atoms with van der Waals surface area (Å²) in [6.07, 6.45) is 3.82. The second-order valence-electron chi connectivity index (χ2n) is 9.10. The van der Waals surface area contributed by atoms with Crippen LogP contribution in [-0.4, -0.2) is 41.6 Å². The van der Waals surface area contributed by atoms with Gasteiger partial charge in [0, 0.05) is 24.7 Å². The Morgan fingerprint density at radius 1 is 1.36 bits per heavy atom. The minimum absolute atomic E-state index is 0.0809. The minimum Gasteiger partial charge on any atom is -0.444 e. The Hall–Kier alpha value is -2.55. The van der Waals surface area contributed by atoms with Crippen molar-refractivity contribution in [2.75, 3.05) is 13.1 Å². The lowest BCUT2D eigenvalue weighted by atomic mass is 9.85. The number of benzene rings is 1. The molecule has 150 valence electrons. The fraction of sp³-hybridized carbons (Fsp3) is 0.591. The Morgan fingerprint density at radius 3 is 2.86 bits per heavy atom. The van der Waals surface area contributed by atoms with Crippen LogP contribution >= 0.6 is 0 Å². The lowest BCUT2D eigenvalue weighted by Crippen LogP contribution is -2.37. The predicted octanol–water partition coefficient (Wildman–Crippen LogP) is 3.66. The summed E-state index contributed by atoms with van der Waals surface area (Å²) in [5, 5.41) is 12.0. The van der Waals surface area contributed by atoms with Gasteiger partial charge in [0.15, 0.2) is 0 Å². The second-order valence-corrected chi connectivity index (χ2v) is 9.10. The molecule has 2 fully saturated rings. The van der Waals surface area contributed by atoms with Crippen LogP contribution in [0.15, 0.2) is 24.3 Å². The molecule has 1 aliphatic heterocycles. The van der Waals surface area contributed by atoms with Crippen molar-refractivity contribution in [1.82, 2.24) is 10.2 Å². The summed E-state index contributed by atoms with van der Waals surface area (Å²) in [4.78, 5) is 26.8. The van der Waals surface area contributed by atoms with Gasteiger partial charge in [-0.3, -0.25) is 4.79 Å². The van der Waals surface area contributed by atoms with Crippen LogP contribution in [0.1, 0.15) is 62.4 Å². The first kappa shape index (κ1) is 20.2. The van der Waals surface area contributed by atoms with E-state index in [9.17, 15) is 9.59 Å². The molecule has 1 aliphatic carbocycles. The number of nitrogens with zero attached hydrogens (tertiary/aromatic N) is 2. The van der Waals surface area contributed by atoms with E-state index in [1.807, 2.05) is 32.9 Å². The Labute approximate surface area is 166 Å². The van der Waals surface area contributed by atoms with Crippen LogP contribution < -0.4 is 5.32 Å². The van der Waals surface area contributed by atoms with Gasteiger partial charge < -0.3 is 15.0 Å². The molecule has 1 aromatic carbocycles. The van der Waals surface area contributed by atoms with Crippen molar-refractivity contribution < 1.29 is 14.3 Å². The number of amides is 2. The molecule has 1 aromatic rings. The van der Waals surface area contributed by atoms with Crippen LogP contribution in [0.25, 0.3) is 0 Å². The van der Waals surface area contributed by atoms with Crippen molar-refractivity contribution in [1.29, 1.82) is 5.26 Å². The van der Waals surface area contributed by atoms with Gasteiger partial charge in [0.05, 0.1) is 12.5 Å². The van der Waals surface area contributed by atoms with E-state index < -0.39 is 5.60 Å². The van der Waals surface area contributed by atoms with E-state index in [1.165, 1.54) is 0 Å². The fourth-order valence-electron chi connectivity index (χ4n) is 4.30. The maximum absolute atomic E-state index is 12.6. The topological polar surface area (TPSA) is 82.4 Å². The molecule has 2 aliphatic rings. The maximum atomic E-state index is 12.6. The molecule has 0 radical (unpaired) electrons. The number of hydrogen-bond donors (Lipinski definition) is 1. The molecule has 1 heterocycles. The lowest BCUT2D eigenvalue weighted by Gasteiger charge is -2.27. The number of rotatable bonds is 3. The van der Waals surface area contributed by atoms with Gasteiger partial charge in [-0.25, -0.2) is 4.79 Å². The molecule has 2 atom stereocenters. The van der Waals surface area contributed by atoms with Crippen molar-refractivity contribution in [3.8, 4) is 6.07 Å². The Morgan fingerprint density at radius 2 is 2.14 bits per heavy atom. The molecule has 28 heavy (non-hydrogen) atoms. The SMILES string of the molecule is CC(C)(C)OC(=O)N1CCC2(CCC(NC(=O)c3cccc(CC#N)c3)C2)C1. The summed E-state index contributed by atoms with van der Waals surface area (Å²) in [5.41, 5.74) is 1.04. The minimum atomic E-state index is -0.487. The van der Waals surface area contributed by atoms with E-state index in [0.29, 0.717) is 25.1 Å². The van der Waals surface area contributed by atoms with Crippen LogP contribution in [-0.2, 0) is 11.2 Å². The highest BCUT2D eigenvalue weighted by atomic mass is 16.6. The molecule has 6 heteroatoms. The van der Waals surface area contributed by atoms with E-state index in [0.717, 1.165) is 31.2 Å². The first-order valence-electron chi connectivity index (χ1n) is 9.94. The molecule has 0 aromatic heterocycles. The predicted molar refractivity (Wildman–Crippen MR) is 106 cm³/mol. The summed E-state index contributed by atoms with van der Waals surface area (Å²) in [6, 6.07) is 9.45. The third-order valence-electron chi connectivity index (χ3n) is 5.60. The van der Waals surface area contributed by atoms with E-state index in [1.54, 1.807) is 17.0 Å².